The van der Waals surface area contributed by atoms with Crippen molar-refractivity contribution in [3.8, 4) is 0 Å². The third-order valence-electron chi connectivity index (χ3n) is 3.92. The van der Waals surface area contributed by atoms with Crippen LogP contribution in [0.1, 0.15) is 58.1 Å². The molecule has 1 nitrogen and oxygen atoms in total. The molecule has 0 aromatic heterocycles. The number of allylic oxidation sites excluding steroid dienone is 2. The first-order chi connectivity index (χ1) is 9.52. The first-order valence-corrected chi connectivity index (χ1v) is 7.76. The Hall–Kier alpha value is -1.50. The normalized spacial score (nSPS) is 20.2. The van der Waals surface area contributed by atoms with Gasteiger partial charge in [0.2, 0.25) is 0 Å². The summed E-state index contributed by atoms with van der Waals surface area (Å²) in [5, 5.41) is 3.73. The first kappa shape index (κ1) is 14.9. The molecule has 2 rings (SSSR count). The first-order valence-electron chi connectivity index (χ1n) is 7.76. The van der Waals surface area contributed by atoms with Crippen LogP contribution >= 0.6 is 0 Å². The number of hydrogen-bond donors (Lipinski definition) is 1. The molecule has 0 fully saturated rings. The highest BCUT2D eigenvalue weighted by Crippen LogP contribution is 2.32. The van der Waals surface area contributed by atoms with Crippen LogP contribution in [0, 0.1) is 0 Å². The Balaban J connectivity index is 2.12. The summed E-state index contributed by atoms with van der Waals surface area (Å²) in [5.74, 6) is 0. The maximum atomic E-state index is 3.73. The van der Waals surface area contributed by atoms with Crippen LogP contribution in [0.25, 0.3) is 6.08 Å². The Labute approximate surface area is 123 Å². The van der Waals surface area contributed by atoms with Crippen LogP contribution in [-0.4, -0.2) is 5.54 Å². The molecule has 1 aromatic carbocycles. The minimum atomic E-state index is 0.0732. The SMILES string of the molecule is CCCc1ccc2c(c1)NC(C)(CCC=C(C)C)C=C2. The molecule has 1 atom stereocenters. The number of anilines is 1. The smallest absolute Gasteiger partial charge is 0.0534 e. The second-order valence-electron chi connectivity index (χ2n) is 6.37. The van der Waals surface area contributed by atoms with Crippen molar-refractivity contribution in [1.29, 1.82) is 0 Å². The predicted octanol–water partition coefficient (Wildman–Crippen LogP) is 5.58. The highest BCUT2D eigenvalue weighted by atomic mass is 15.0. The van der Waals surface area contributed by atoms with Crippen LogP contribution in [0.4, 0.5) is 5.69 Å². The number of benzene rings is 1. The van der Waals surface area contributed by atoms with Gasteiger partial charge in [0, 0.05) is 5.69 Å². The van der Waals surface area contributed by atoms with Gasteiger partial charge in [-0.3, -0.25) is 0 Å². The van der Waals surface area contributed by atoms with Crippen molar-refractivity contribution in [3.05, 3.63) is 47.1 Å². The van der Waals surface area contributed by atoms with Crippen molar-refractivity contribution in [1.82, 2.24) is 0 Å². The molecule has 0 saturated heterocycles. The standard InChI is InChI=1S/C19H27N/c1-5-7-16-9-10-17-11-13-19(4,20-18(17)14-16)12-6-8-15(2)3/h8-11,13-14,20H,5-7,12H2,1-4H3. The summed E-state index contributed by atoms with van der Waals surface area (Å²) in [6, 6.07) is 6.81. The molecule has 1 aliphatic rings. The van der Waals surface area contributed by atoms with E-state index in [1.165, 1.54) is 28.8 Å². The summed E-state index contributed by atoms with van der Waals surface area (Å²) < 4.78 is 0. The maximum Gasteiger partial charge on any atom is 0.0534 e. The molecule has 1 heterocycles. The zero-order chi connectivity index (χ0) is 14.6. The third-order valence-corrected chi connectivity index (χ3v) is 3.92. The van der Waals surface area contributed by atoms with Gasteiger partial charge >= 0.3 is 0 Å². The van der Waals surface area contributed by atoms with E-state index in [1.54, 1.807) is 0 Å². The van der Waals surface area contributed by atoms with Crippen LogP contribution in [0.2, 0.25) is 0 Å². The molecule has 0 spiro atoms. The number of rotatable bonds is 5. The summed E-state index contributed by atoms with van der Waals surface area (Å²) in [6.07, 6.45) is 11.5. The van der Waals surface area contributed by atoms with Crippen LogP contribution in [0.15, 0.2) is 35.9 Å². The number of fused-ring (bicyclic) bond motifs is 1. The van der Waals surface area contributed by atoms with E-state index < -0.39 is 0 Å². The van der Waals surface area contributed by atoms with Crippen LogP contribution < -0.4 is 5.32 Å². The molecule has 0 amide bonds. The van der Waals surface area contributed by atoms with E-state index in [1.807, 2.05) is 0 Å². The molecule has 1 aliphatic heterocycles. The molecule has 1 aromatic rings. The summed E-state index contributed by atoms with van der Waals surface area (Å²) in [4.78, 5) is 0. The van der Waals surface area contributed by atoms with Gasteiger partial charge in [-0.05, 0) is 57.2 Å². The second-order valence-corrected chi connectivity index (χ2v) is 6.37. The summed E-state index contributed by atoms with van der Waals surface area (Å²) >= 11 is 0. The Morgan fingerprint density at radius 3 is 2.80 bits per heavy atom. The molecular weight excluding hydrogens is 242 g/mol. The van der Waals surface area contributed by atoms with Crippen molar-refractivity contribution < 1.29 is 0 Å². The van der Waals surface area contributed by atoms with Crippen molar-refractivity contribution in [2.45, 2.75) is 58.9 Å². The Bertz CT molecular complexity index is 521. The molecule has 0 saturated carbocycles. The quantitative estimate of drug-likeness (QED) is 0.688. The molecule has 1 N–H and O–H groups in total. The molecule has 0 aliphatic carbocycles. The fourth-order valence-corrected chi connectivity index (χ4v) is 2.73. The van der Waals surface area contributed by atoms with Gasteiger partial charge in [-0.2, -0.15) is 0 Å². The minimum Gasteiger partial charge on any atom is -0.376 e. The monoisotopic (exact) mass is 269 g/mol. The largest absolute Gasteiger partial charge is 0.376 e. The topological polar surface area (TPSA) is 12.0 Å². The lowest BCUT2D eigenvalue weighted by molar-refractivity contribution is 0.581. The highest BCUT2D eigenvalue weighted by molar-refractivity contribution is 5.72. The molecule has 1 unspecified atom stereocenters. The molecule has 1 heteroatoms. The van der Waals surface area contributed by atoms with Crippen molar-refractivity contribution >= 4 is 11.8 Å². The van der Waals surface area contributed by atoms with E-state index in [2.05, 4.69) is 69.4 Å². The van der Waals surface area contributed by atoms with E-state index >= 15 is 0 Å². The van der Waals surface area contributed by atoms with Gasteiger partial charge < -0.3 is 5.32 Å². The van der Waals surface area contributed by atoms with E-state index in [0.717, 1.165) is 19.3 Å². The van der Waals surface area contributed by atoms with Gasteiger partial charge in [-0.15, -0.1) is 0 Å². The zero-order valence-corrected chi connectivity index (χ0v) is 13.3. The zero-order valence-electron chi connectivity index (χ0n) is 13.3. The molecule has 0 bridgehead atoms. The average Bonchev–Trinajstić information content (AvgIpc) is 2.38. The van der Waals surface area contributed by atoms with Gasteiger partial charge in [0.25, 0.3) is 0 Å². The van der Waals surface area contributed by atoms with Crippen molar-refractivity contribution in [2.24, 2.45) is 0 Å². The van der Waals surface area contributed by atoms with E-state index in [9.17, 15) is 0 Å². The van der Waals surface area contributed by atoms with Gasteiger partial charge in [-0.1, -0.05) is 49.3 Å². The third kappa shape index (κ3) is 3.75. The van der Waals surface area contributed by atoms with Crippen molar-refractivity contribution in [3.63, 3.8) is 0 Å². The lowest BCUT2D eigenvalue weighted by atomic mass is 9.89. The van der Waals surface area contributed by atoms with E-state index in [0.29, 0.717) is 0 Å². The summed E-state index contributed by atoms with van der Waals surface area (Å²) in [6.45, 7) is 8.85. The minimum absolute atomic E-state index is 0.0732. The number of aryl methyl sites for hydroxylation is 1. The van der Waals surface area contributed by atoms with E-state index in [4.69, 9.17) is 0 Å². The van der Waals surface area contributed by atoms with E-state index in [-0.39, 0.29) is 5.54 Å². The predicted molar refractivity (Wildman–Crippen MR) is 90.2 cm³/mol. The lowest BCUT2D eigenvalue weighted by Gasteiger charge is -2.33. The van der Waals surface area contributed by atoms with Gasteiger partial charge in [0.15, 0.2) is 0 Å². The summed E-state index contributed by atoms with van der Waals surface area (Å²) in [7, 11) is 0. The van der Waals surface area contributed by atoms with Crippen LogP contribution in [-0.2, 0) is 6.42 Å². The average molecular weight is 269 g/mol. The summed E-state index contributed by atoms with van der Waals surface area (Å²) in [5.41, 5.74) is 5.51. The Morgan fingerprint density at radius 1 is 1.30 bits per heavy atom. The Kier molecular flexibility index (Phi) is 4.69. The number of nitrogens with one attached hydrogen (secondary N) is 1. The highest BCUT2D eigenvalue weighted by Gasteiger charge is 2.24. The molecule has 20 heavy (non-hydrogen) atoms. The molecule has 0 radical (unpaired) electrons. The van der Waals surface area contributed by atoms with Gasteiger partial charge in [0.05, 0.1) is 5.54 Å². The van der Waals surface area contributed by atoms with Gasteiger partial charge in [0.1, 0.15) is 0 Å². The van der Waals surface area contributed by atoms with Crippen LogP contribution in [0.3, 0.4) is 0 Å². The van der Waals surface area contributed by atoms with Gasteiger partial charge in [-0.25, -0.2) is 0 Å². The van der Waals surface area contributed by atoms with Crippen LogP contribution in [0.5, 0.6) is 0 Å². The second kappa shape index (κ2) is 6.30. The fourth-order valence-electron chi connectivity index (χ4n) is 2.73. The molecular formula is C19H27N. The fraction of sp³-hybridized carbons (Fsp3) is 0.474. The maximum absolute atomic E-state index is 3.73. The molecule has 108 valence electrons. The lowest BCUT2D eigenvalue weighted by Crippen LogP contribution is -2.34. The Morgan fingerprint density at radius 2 is 2.10 bits per heavy atom. The van der Waals surface area contributed by atoms with Crippen molar-refractivity contribution in [2.75, 3.05) is 5.32 Å². The number of hydrogen-bond acceptors (Lipinski definition) is 1.